The maximum absolute atomic E-state index is 12.5. The van der Waals surface area contributed by atoms with E-state index in [0.29, 0.717) is 24.3 Å². The van der Waals surface area contributed by atoms with Crippen molar-refractivity contribution in [3.63, 3.8) is 0 Å². The number of rotatable bonds is 6. The van der Waals surface area contributed by atoms with Crippen LogP contribution in [0.5, 0.6) is 5.75 Å². The van der Waals surface area contributed by atoms with Crippen LogP contribution in [0.1, 0.15) is 34.5 Å². The summed E-state index contributed by atoms with van der Waals surface area (Å²) in [6.07, 6.45) is 0.681. The zero-order valence-corrected chi connectivity index (χ0v) is 15.5. The fourth-order valence-electron chi connectivity index (χ4n) is 2.89. The highest BCUT2D eigenvalue weighted by molar-refractivity contribution is 7.91. The molecule has 0 aromatic heterocycles. The Morgan fingerprint density at radius 2 is 2.00 bits per heavy atom. The number of carbonyl (C=O) groups is 2. The number of carboxylic acids is 1. The van der Waals surface area contributed by atoms with Crippen LogP contribution in [0.25, 0.3) is 0 Å². The van der Waals surface area contributed by atoms with Gasteiger partial charge >= 0.3 is 5.97 Å². The number of fused-ring (bicyclic) bond motifs is 1. The SMILES string of the molecule is CCS(=O)(=O)c1cccc(C(=O)NC(C(=O)O)c2ccc3c(c2)CCO3)c1. The molecule has 0 spiro atoms. The lowest BCUT2D eigenvalue weighted by Crippen LogP contribution is -2.33. The molecule has 3 rings (SSSR count). The van der Waals surface area contributed by atoms with E-state index in [1.807, 2.05) is 0 Å². The van der Waals surface area contributed by atoms with Crippen molar-refractivity contribution < 1.29 is 27.9 Å². The van der Waals surface area contributed by atoms with Gasteiger partial charge in [0.25, 0.3) is 5.91 Å². The maximum atomic E-state index is 12.5. The maximum Gasteiger partial charge on any atom is 0.330 e. The van der Waals surface area contributed by atoms with E-state index in [0.717, 1.165) is 5.56 Å². The minimum atomic E-state index is -3.47. The average molecular weight is 389 g/mol. The molecule has 2 N–H and O–H groups in total. The normalized spacial score (nSPS) is 14.1. The number of ether oxygens (including phenoxy) is 1. The quantitative estimate of drug-likeness (QED) is 0.782. The number of nitrogens with one attached hydrogen (secondary N) is 1. The Kier molecular flexibility index (Phi) is 5.18. The average Bonchev–Trinajstić information content (AvgIpc) is 3.13. The number of sulfone groups is 1. The molecule has 1 aliphatic rings. The lowest BCUT2D eigenvalue weighted by molar-refractivity contribution is -0.139. The molecule has 1 unspecified atom stereocenters. The summed E-state index contributed by atoms with van der Waals surface area (Å²) in [4.78, 5) is 24.3. The summed E-state index contributed by atoms with van der Waals surface area (Å²) in [6, 6.07) is 9.30. The molecular formula is C19H19NO6S. The third-order valence-electron chi connectivity index (χ3n) is 4.40. The van der Waals surface area contributed by atoms with Crippen LogP contribution in [-0.2, 0) is 21.1 Å². The summed E-state index contributed by atoms with van der Waals surface area (Å²) in [7, 11) is -3.47. The lowest BCUT2D eigenvalue weighted by atomic mass is 10.0. The van der Waals surface area contributed by atoms with Crippen LogP contribution in [0.3, 0.4) is 0 Å². The van der Waals surface area contributed by atoms with E-state index >= 15 is 0 Å². The molecule has 0 fully saturated rings. The first-order valence-corrected chi connectivity index (χ1v) is 10.1. The first kappa shape index (κ1) is 18.9. The number of hydrogen-bond donors (Lipinski definition) is 2. The Labute approximate surface area is 156 Å². The van der Waals surface area contributed by atoms with Gasteiger partial charge in [-0.2, -0.15) is 0 Å². The summed E-state index contributed by atoms with van der Waals surface area (Å²) >= 11 is 0. The van der Waals surface area contributed by atoms with E-state index in [1.54, 1.807) is 18.2 Å². The van der Waals surface area contributed by atoms with Gasteiger partial charge in [0.05, 0.1) is 17.3 Å². The van der Waals surface area contributed by atoms with Gasteiger partial charge in [-0.05, 0) is 41.5 Å². The zero-order chi connectivity index (χ0) is 19.6. The minimum absolute atomic E-state index is 0.0270. The highest BCUT2D eigenvalue weighted by atomic mass is 32.2. The number of carbonyl (C=O) groups excluding carboxylic acids is 1. The molecule has 2 aromatic carbocycles. The Balaban J connectivity index is 1.86. The molecule has 1 amide bonds. The molecule has 1 aliphatic heterocycles. The van der Waals surface area contributed by atoms with Crippen molar-refractivity contribution in [3.8, 4) is 5.75 Å². The molecule has 0 bridgehead atoms. The smallest absolute Gasteiger partial charge is 0.330 e. The van der Waals surface area contributed by atoms with Crippen LogP contribution in [-0.4, -0.2) is 37.8 Å². The molecule has 1 heterocycles. The molecule has 1 atom stereocenters. The van der Waals surface area contributed by atoms with Crippen molar-refractivity contribution in [1.82, 2.24) is 5.32 Å². The zero-order valence-electron chi connectivity index (χ0n) is 14.6. The number of aliphatic carboxylic acids is 1. The topological polar surface area (TPSA) is 110 Å². The number of carboxylic acid groups (broad SMARTS) is 1. The van der Waals surface area contributed by atoms with Crippen molar-refractivity contribution in [2.75, 3.05) is 12.4 Å². The summed E-state index contributed by atoms with van der Waals surface area (Å²) in [5, 5.41) is 12.0. The van der Waals surface area contributed by atoms with E-state index in [4.69, 9.17) is 4.74 Å². The van der Waals surface area contributed by atoms with Crippen LogP contribution >= 0.6 is 0 Å². The van der Waals surface area contributed by atoms with Crippen LogP contribution in [0.4, 0.5) is 0 Å². The largest absolute Gasteiger partial charge is 0.493 e. The molecule has 2 aromatic rings. The molecule has 0 saturated heterocycles. The van der Waals surface area contributed by atoms with Crippen molar-refractivity contribution >= 4 is 21.7 Å². The molecule has 7 nitrogen and oxygen atoms in total. The first-order chi connectivity index (χ1) is 12.8. The molecule has 27 heavy (non-hydrogen) atoms. The summed E-state index contributed by atoms with van der Waals surface area (Å²) in [6.45, 7) is 2.06. The molecule has 0 aliphatic carbocycles. The van der Waals surface area contributed by atoms with Gasteiger partial charge in [0.1, 0.15) is 5.75 Å². The molecule has 0 saturated carbocycles. The van der Waals surface area contributed by atoms with E-state index in [9.17, 15) is 23.1 Å². The minimum Gasteiger partial charge on any atom is -0.493 e. The van der Waals surface area contributed by atoms with Crippen molar-refractivity contribution in [2.45, 2.75) is 24.3 Å². The monoisotopic (exact) mass is 389 g/mol. The van der Waals surface area contributed by atoms with Gasteiger partial charge in [0, 0.05) is 12.0 Å². The van der Waals surface area contributed by atoms with Crippen LogP contribution in [0, 0.1) is 0 Å². The standard InChI is InChI=1S/C19H19NO6S/c1-2-27(24,25)15-5-3-4-14(11-15)18(21)20-17(19(22)23)13-6-7-16-12(10-13)8-9-26-16/h3-7,10-11,17H,2,8-9H2,1H3,(H,20,21)(H,22,23). The summed E-state index contributed by atoms with van der Waals surface area (Å²) < 4.78 is 29.4. The van der Waals surface area contributed by atoms with Crippen LogP contribution in [0.2, 0.25) is 0 Å². The van der Waals surface area contributed by atoms with Crippen molar-refractivity contribution in [1.29, 1.82) is 0 Å². The van der Waals surface area contributed by atoms with Crippen LogP contribution in [0.15, 0.2) is 47.4 Å². The van der Waals surface area contributed by atoms with Gasteiger partial charge in [0.2, 0.25) is 0 Å². The second-order valence-electron chi connectivity index (χ2n) is 6.14. The van der Waals surface area contributed by atoms with Crippen molar-refractivity contribution in [3.05, 3.63) is 59.2 Å². The molecule has 142 valence electrons. The number of amides is 1. The number of benzene rings is 2. The van der Waals surface area contributed by atoms with Gasteiger partial charge < -0.3 is 15.2 Å². The van der Waals surface area contributed by atoms with E-state index < -0.39 is 27.8 Å². The highest BCUT2D eigenvalue weighted by Gasteiger charge is 2.25. The Bertz CT molecular complexity index is 999. The molecular weight excluding hydrogens is 370 g/mol. The van der Waals surface area contributed by atoms with E-state index in [-0.39, 0.29) is 16.2 Å². The summed E-state index contributed by atoms with van der Waals surface area (Å²) in [5.41, 5.74) is 1.40. The number of hydrogen-bond acceptors (Lipinski definition) is 5. The lowest BCUT2D eigenvalue weighted by Gasteiger charge is -2.16. The third-order valence-corrected chi connectivity index (χ3v) is 6.14. The van der Waals surface area contributed by atoms with E-state index in [1.165, 1.54) is 31.2 Å². The Morgan fingerprint density at radius 1 is 1.22 bits per heavy atom. The van der Waals surface area contributed by atoms with Gasteiger partial charge in [0.15, 0.2) is 15.9 Å². The Morgan fingerprint density at radius 3 is 2.70 bits per heavy atom. The third kappa shape index (κ3) is 3.95. The second kappa shape index (κ2) is 7.40. The predicted octanol–water partition coefficient (Wildman–Crippen LogP) is 1.97. The first-order valence-electron chi connectivity index (χ1n) is 8.44. The molecule has 8 heteroatoms. The van der Waals surface area contributed by atoms with Crippen molar-refractivity contribution in [2.24, 2.45) is 0 Å². The van der Waals surface area contributed by atoms with Gasteiger partial charge in [-0.3, -0.25) is 4.79 Å². The predicted molar refractivity (Wildman–Crippen MR) is 97.7 cm³/mol. The van der Waals surface area contributed by atoms with Crippen LogP contribution < -0.4 is 10.1 Å². The Hall–Kier alpha value is -2.87. The molecule has 0 radical (unpaired) electrons. The highest BCUT2D eigenvalue weighted by Crippen LogP contribution is 2.28. The summed E-state index contributed by atoms with van der Waals surface area (Å²) in [5.74, 6) is -1.24. The van der Waals surface area contributed by atoms with Gasteiger partial charge in [-0.25, -0.2) is 13.2 Å². The van der Waals surface area contributed by atoms with E-state index in [2.05, 4.69) is 5.32 Å². The second-order valence-corrected chi connectivity index (χ2v) is 8.42. The fourth-order valence-corrected chi connectivity index (χ4v) is 3.81. The van der Waals surface area contributed by atoms with Gasteiger partial charge in [-0.15, -0.1) is 0 Å². The fraction of sp³-hybridized carbons (Fsp3) is 0.263. The van der Waals surface area contributed by atoms with Gasteiger partial charge in [-0.1, -0.05) is 19.1 Å².